The maximum absolute atomic E-state index is 7.28. The van der Waals surface area contributed by atoms with Crippen molar-refractivity contribution in [3.8, 4) is 22.3 Å². The van der Waals surface area contributed by atoms with Gasteiger partial charge >= 0.3 is 0 Å². The molecular formula is C74H64N2O2. The second kappa shape index (κ2) is 19.6. The maximum atomic E-state index is 7.28. The van der Waals surface area contributed by atoms with Crippen LogP contribution in [-0.4, -0.2) is 0 Å². The minimum atomic E-state index is 0.443. The summed E-state index contributed by atoms with van der Waals surface area (Å²) in [5.41, 5.74) is 19.5. The number of benzene rings is 11. The van der Waals surface area contributed by atoms with E-state index in [1.54, 1.807) is 0 Å². The second-order valence-electron chi connectivity index (χ2n) is 22.5. The first-order valence-corrected chi connectivity index (χ1v) is 27.8. The average Bonchev–Trinajstić information content (AvgIpc) is 4.07. The largest absolute Gasteiger partial charge is 0.452 e. The summed E-state index contributed by atoms with van der Waals surface area (Å²) in [4.78, 5) is 4.74. The zero-order chi connectivity index (χ0) is 53.3. The average molecular weight is 1010 g/mol. The molecule has 0 fully saturated rings. The van der Waals surface area contributed by atoms with Crippen LogP contribution < -0.4 is 9.80 Å². The number of hydrogen-bond donors (Lipinski definition) is 0. The first-order valence-electron chi connectivity index (χ1n) is 27.8. The van der Waals surface area contributed by atoms with Gasteiger partial charge in [0.1, 0.15) is 11.2 Å². The van der Waals surface area contributed by atoms with E-state index in [-0.39, 0.29) is 0 Å². The number of hydrogen-bond acceptors (Lipinski definition) is 4. The molecular weight excluding hydrogens is 949 g/mol. The van der Waals surface area contributed by atoms with Crippen LogP contribution in [0.5, 0.6) is 0 Å². The highest BCUT2D eigenvalue weighted by Gasteiger charge is 2.28. The first-order chi connectivity index (χ1) is 37.9. The van der Waals surface area contributed by atoms with Crippen LogP contribution in [-0.2, 0) is 0 Å². The van der Waals surface area contributed by atoms with Gasteiger partial charge in [0.05, 0.1) is 0 Å². The summed E-state index contributed by atoms with van der Waals surface area (Å²) in [6.45, 7) is 18.0. The fourth-order valence-corrected chi connectivity index (χ4v) is 11.7. The lowest BCUT2D eigenvalue weighted by Gasteiger charge is -2.26. The molecule has 0 aliphatic rings. The van der Waals surface area contributed by atoms with Crippen LogP contribution in [0.25, 0.3) is 87.7 Å². The van der Waals surface area contributed by atoms with Gasteiger partial charge in [0.2, 0.25) is 0 Å². The Morgan fingerprint density at radius 1 is 0.282 bits per heavy atom. The van der Waals surface area contributed by atoms with Gasteiger partial charge in [-0.3, -0.25) is 0 Å². The van der Waals surface area contributed by atoms with Crippen molar-refractivity contribution in [1.29, 1.82) is 0 Å². The predicted molar refractivity (Wildman–Crippen MR) is 333 cm³/mol. The van der Waals surface area contributed by atoms with Gasteiger partial charge in [-0.15, -0.1) is 0 Å². The Morgan fingerprint density at radius 2 is 0.577 bits per heavy atom. The molecule has 0 aliphatic heterocycles. The fourth-order valence-electron chi connectivity index (χ4n) is 11.7. The van der Waals surface area contributed by atoms with E-state index in [9.17, 15) is 0 Å². The fraction of sp³-hybridized carbons (Fsp3) is 0.162. The molecule has 0 bridgehead atoms. The molecule has 0 aliphatic carbocycles. The van der Waals surface area contributed by atoms with Crippen LogP contribution in [0, 0.1) is 0 Å². The highest BCUT2D eigenvalue weighted by Crippen LogP contribution is 2.52. The van der Waals surface area contributed by atoms with Crippen LogP contribution in [0.2, 0.25) is 0 Å². The predicted octanol–water partition coefficient (Wildman–Crippen LogP) is 22.6. The minimum absolute atomic E-state index is 0.443. The van der Waals surface area contributed by atoms with E-state index < -0.39 is 0 Å². The lowest BCUT2D eigenvalue weighted by Crippen LogP contribution is -2.10. The number of furan rings is 2. The Hall–Kier alpha value is -8.86. The van der Waals surface area contributed by atoms with E-state index in [1.807, 2.05) is 0 Å². The molecule has 13 rings (SSSR count). The van der Waals surface area contributed by atoms with Gasteiger partial charge in [-0.1, -0.05) is 177 Å². The molecule has 382 valence electrons. The summed E-state index contributed by atoms with van der Waals surface area (Å²) in [6.07, 6.45) is 0. The van der Waals surface area contributed by atoms with Gasteiger partial charge in [-0.2, -0.15) is 0 Å². The Bertz CT molecular complexity index is 3950. The Balaban J connectivity index is 1.03. The number of fused-ring (bicyclic) bond motifs is 9. The van der Waals surface area contributed by atoms with Crippen molar-refractivity contribution in [3.05, 3.63) is 241 Å². The molecule has 0 atom stereocenters. The summed E-state index contributed by atoms with van der Waals surface area (Å²) in [5.74, 6) is 1.77. The van der Waals surface area contributed by atoms with E-state index >= 15 is 0 Å². The molecule has 13 aromatic rings. The van der Waals surface area contributed by atoms with E-state index in [4.69, 9.17) is 8.83 Å². The number of rotatable bonds is 12. The zero-order valence-electron chi connectivity index (χ0n) is 45.8. The molecule has 78 heavy (non-hydrogen) atoms. The van der Waals surface area contributed by atoms with Crippen LogP contribution in [0.15, 0.2) is 227 Å². The molecule has 0 radical (unpaired) electrons. The Kier molecular flexibility index (Phi) is 12.3. The SMILES string of the molecule is CC(C)c1ccc(N(c2ccc(C(C)C)cc2)c2ccc3cc4c(cc3c2)oc2c3oc5cc6cc(N(c7ccc(C(C)C)cc7)c7ccc(C(C)C)cc7)ccc6cc5c3c(-c3ccccc3)c(-c3ccccc3)c42)cc1. The van der Waals surface area contributed by atoms with Crippen LogP contribution in [0.4, 0.5) is 34.1 Å². The number of nitrogens with zero attached hydrogens (tertiary/aromatic N) is 2. The summed E-state index contributed by atoms with van der Waals surface area (Å²) in [6, 6.07) is 80.5. The van der Waals surface area contributed by atoms with Gasteiger partial charge in [0.25, 0.3) is 0 Å². The lowest BCUT2D eigenvalue weighted by molar-refractivity contribution is 0.634. The minimum Gasteiger partial charge on any atom is -0.452 e. The van der Waals surface area contributed by atoms with E-state index in [0.29, 0.717) is 23.7 Å². The number of anilines is 6. The smallest absolute Gasteiger partial charge is 0.179 e. The quantitative estimate of drug-likeness (QED) is 0.122. The van der Waals surface area contributed by atoms with Crippen molar-refractivity contribution in [2.24, 2.45) is 0 Å². The molecule has 0 N–H and O–H groups in total. The lowest BCUT2D eigenvalue weighted by atomic mass is 9.87. The monoisotopic (exact) mass is 1010 g/mol. The summed E-state index contributed by atoms with van der Waals surface area (Å²) < 4.78 is 14.6. The molecule has 0 saturated heterocycles. The zero-order valence-corrected chi connectivity index (χ0v) is 45.8. The third kappa shape index (κ3) is 8.57. The normalized spacial score (nSPS) is 12.1. The van der Waals surface area contributed by atoms with Crippen molar-refractivity contribution < 1.29 is 8.83 Å². The molecule has 2 heterocycles. The van der Waals surface area contributed by atoms with Gasteiger partial charge in [0.15, 0.2) is 11.2 Å². The van der Waals surface area contributed by atoms with Gasteiger partial charge in [-0.05, 0) is 176 Å². The van der Waals surface area contributed by atoms with Crippen molar-refractivity contribution in [2.75, 3.05) is 9.80 Å². The van der Waals surface area contributed by atoms with Crippen LogP contribution >= 0.6 is 0 Å². The van der Waals surface area contributed by atoms with E-state index in [2.05, 4.69) is 284 Å². The van der Waals surface area contributed by atoms with Gasteiger partial charge in [-0.25, -0.2) is 0 Å². The summed E-state index contributed by atoms with van der Waals surface area (Å²) in [5, 5.41) is 8.63. The van der Waals surface area contributed by atoms with Crippen molar-refractivity contribution in [3.63, 3.8) is 0 Å². The Morgan fingerprint density at radius 3 is 0.872 bits per heavy atom. The van der Waals surface area contributed by atoms with E-state index in [1.165, 1.54) is 22.3 Å². The summed E-state index contributed by atoms with van der Waals surface area (Å²) in [7, 11) is 0. The highest BCUT2D eigenvalue weighted by molar-refractivity contribution is 6.31. The summed E-state index contributed by atoms with van der Waals surface area (Å²) >= 11 is 0. The molecule has 4 nitrogen and oxygen atoms in total. The molecule has 0 amide bonds. The molecule has 0 spiro atoms. The topological polar surface area (TPSA) is 32.8 Å². The molecule has 2 aromatic heterocycles. The van der Waals surface area contributed by atoms with Crippen molar-refractivity contribution in [1.82, 2.24) is 0 Å². The standard InChI is InChI=1S/C74H64N2O2/c1-45(2)49-19-29-59(30-20-49)75(60-31-21-50(22-32-60)46(3)4)63-37-27-55-41-65-67(43-57(55)39-63)77-73-71(65)69(53-15-11-9-12-16-53)70(54-17-13-10-14-18-54)72-66-42-56-28-38-64(40-58(56)44-68(66)78-74(72)73)76(61-33-23-51(24-34-61)47(5)6)62-35-25-52(26-36-62)48(7)8/h9-48H,1-8H3. The van der Waals surface area contributed by atoms with Crippen molar-refractivity contribution >= 4 is 99.5 Å². The van der Waals surface area contributed by atoms with Crippen molar-refractivity contribution in [2.45, 2.75) is 79.1 Å². The molecule has 11 aromatic carbocycles. The van der Waals surface area contributed by atoms with Gasteiger partial charge in [0, 0.05) is 66.8 Å². The molecule has 0 saturated carbocycles. The van der Waals surface area contributed by atoms with Crippen LogP contribution in [0.3, 0.4) is 0 Å². The third-order valence-corrected chi connectivity index (χ3v) is 16.1. The van der Waals surface area contributed by atoms with Crippen LogP contribution in [0.1, 0.15) is 101 Å². The second-order valence-corrected chi connectivity index (χ2v) is 22.5. The maximum Gasteiger partial charge on any atom is 0.179 e. The Labute approximate surface area is 457 Å². The highest BCUT2D eigenvalue weighted by atomic mass is 16.4. The molecule has 4 heteroatoms. The molecule has 0 unspecified atom stereocenters. The third-order valence-electron chi connectivity index (χ3n) is 16.1. The first kappa shape index (κ1) is 48.8. The van der Waals surface area contributed by atoms with Gasteiger partial charge < -0.3 is 18.6 Å². The van der Waals surface area contributed by atoms with E-state index in [0.717, 1.165) is 122 Å².